The van der Waals surface area contributed by atoms with E-state index in [-0.39, 0.29) is 39.8 Å². The highest BCUT2D eigenvalue weighted by Gasteiger charge is 2.27. The summed E-state index contributed by atoms with van der Waals surface area (Å²) in [6.07, 6.45) is 0.457. The summed E-state index contributed by atoms with van der Waals surface area (Å²) in [5.74, 6) is -0.379. The zero-order valence-electron chi connectivity index (χ0n) is 11.1. The Bertz CT molecular complexity index is 461. The van der Waals surface area contributed by atoms with Crippen molar-refractivity contribution in [3.63, 3.8) is 0 Å². The van der Waals surface area contributed by atoms with Crippen molar-refractivity contribution in [1.29, 1.82) is 0 Å². The van der Waals surface area contributed by atoms with Crippen LogP contribution in [0.15, 0.2) is 6.07 Å². The maximum atomic E-state index is 12.1. The first-order chi connectivity index (χ1) is 8.75. The van der Waals surface area contributed by atoms with Gasteiger partial charge < -0.3 is 10.4 Å². The standard InChI is InChI=1S/C12H17Cl2N3O2/c1-12(2,3)8(4-5-18)15-11(19)7-6-9(13)16-17-10(7)14/h6,8,18H,4-5H2,1-3H3,(H,15,19). The number of aromatic nitrogens is 2. The normalized spacial score (nSPS) is 13.2. The minimum atomic E-state index is -0.379. The molecule has 0 aliphatic carbocycles. The van der Waals surface area contributed by atoms with Gasteiger partial charge in [-0.05, 0) is 17.9 Å². The average Bonchev–Trinajstić information content (AvgIpc) is 2.30. The fraction of sp³-hybridized carbons (Fsp3) is 0.583. The number of carbonyl (C=O) groups is 1. The van der Waals surface area contributed by atoms with Crippen LogP contribution in [-0.4, -0.2) is 33.9 Å². The Kier molecular flexibility index (Phi) is 5.52. The minimum Gasteiger partial charge on any atom is -0.396 e. The van der Waals surface area contributed by atoms with Crippen molar-refractivity contribution in [2.75, 3.05) is 6.61 Å². The molecule has 0 spiro atoms. The van der Waals surface area contributed by atoms with Crippen molar-refractivity contribution in [1.82, 2.24) is 15.5 Å². The second-order valence-electron chi connectivity index (χ2n) is 5.28. The van der Waals surface area contributed by atoms with E-state index >= 15 is 0 Å². The van der Waals surface area contributed by atoms with E-state index in [9.17, 15) is 4.79 Å². The first-order valence-corrected chi connectivity index (χ1v) is 6.61. The first kappa shape index (κ1) is 16.1. The molecule has 0 aliphatic rings. The molecule has 0 saturated heterocycles. The number of halogens is 2. The maximum Gasteiger partial charge on any atom is 0.254 e. The van der Waals surface area contributed by atoms with Crippen LogP contribution < -0.4 is 5.32 Å². The van der Waals surface area contributed by atoms with E-state index in [1.807, 2.05) is 20.8 Å². The van der Waals surface area contributed by atoms with Gasteiger partial charge in [0.25, 0.3) is 5.91 Å². The molecule has 1 aromatic heterocycles. The van der Waals surface area contributed by atoms with Crippen LogP contribution in [-0.2, 0) is 0 Å². The molecule has 0 aromatic carbocycles. The van der Waals surface area contributed by atoms with Crippen molar-refractivity contribution in [3.05, 3.63) is 21.9 Å². The van der Waals surface area contributed by atoms with Crippen molar-refractivity contribution in [2.45, 2.75) is 33.2 Å². The Morgan fingerprint density at radius 1 is 1.42 bits per heavy atom. The summed E-state index contributed by atoms with van der Waals surface area (Å²) in [5, 5.41) is 19.1. The lowest BCUT2D eigenvalue weighted by atomic mass is 9.85. The molecule has 0 aliphatic heterocycles. The van der Waals surface area contributed by atoms with Gasteiger partial charge >= 0.3 is 0 Å². The van der Waals surface area contributed by atoms with Gasteiger partial charge in [-0.3, -0.25) is 4.79 Å². The molecule has 1 rings (SSSR count). The summed E-state index contributed by atoms with van der Waals surface area (Å²) in [6, 6.07) is 1.18. The van der Waals surface area contributed by atoms with Gasteiger partial charge in [-0.15, -0.1) is 10.2 Å². The van der Waals surface area contributed by atoms with Crippen LogP contribution in [0.5, 0.6) is 0 Å². The molecule has 1 aromatic rings. The summed E-state index contributed by atoms with van der Waals surface area (Å²) >= 11 is 11.5. The Balaban J connectivity index is 2.91. The molecule has 0 bridgehead atoms. The van der Waals surface area contributed by atoms with Crippen molar-refractivity contribution >= 4 is 29.1 Å². The monoisotopic (exact) mass is 305 g/mol. The Morgan fingerprint density at radius 2 is 2.05 bits per heavy atom. The fourth-order valence-electron chi connectivity index (χ4n) is 1.60. The van der Waals surface area contributed by atoms with Gasteiger partial charge in [0.05, 0.1) is 5.56 Å². The highest BCUT2D eigenvalue weighted by Crippen LogP contribution is 2.23. The number of carbonyl (C=O) groups excluding carboxylic acids is 1. The van der Waals surface area contributed by atoms with Gasteiger partial charge in [-0.1, -0.05) is 44.0 Å². The Morgan fingerprint density at radius 3 is 2.58 bits per heavy atom. The number of aliphatic hydroxyl groups is 1. The Hall–Kier alpha value is -0.910. The highest BCUT2D eigenvalue weighted by molar-refractivity contribution is 6.34. The molecule has 2 N–H and O–H groups in total. The number of amides is 1. The maximum absolute atomic E-state index is 12.1. The summed E-state index contributed by atoms with van der Waals surface area (Å²) in [6.45, 7) is 5.93. The first-order valence-electron chi connectivity index (χ1n) is 5.86. The molecule has 1 heterocycles. The van der Waals surface area contributed by atoms with Gasteiger partial charge in [0, 0.05) is 12.6 Å². The predicted octanol–water partition coefficient (Wildman–Crippen LogP) is 2.31. The van der Waals surface area contributed by atoms with E-state index in [1.165, 1.54) is 6.07 Å². The van der Waals surface area contributed by atoms with Gasteiger partial charge in [0.15, 0.2) is 10.3 Å². The molecule has 19 heavy (non-hydrogen) atoms. The second kappa shape index (κ2) is 6.50. The van der Waals surface area contributed by atoms with E-state index in [1.54, 1.807) is 0 Å². The van der Waals surface area contributed by atoms with E-state index in [0.29, 0.717) is 6.42 Å². The lowest BCUT2D eigenvalue weighted by Gasteiger charge is -2.31. The number of hydrogen-bond acceptors (Lipinski definition) is 4. The number of aliphatic hydroxyl groups excluding tert-OH is 1. The molecular weight excluding hydrogens is 289 g/mol. The summed E-state index contributed by atoms with van der Waals surface area (Å²) < 4.78 is 0. The summed E-state index contributed by atoms with van der Waals surface area (Å²) in [7, 11) is 0. The van der Waals surface area contributed by atoms with E-state index in [4.69, 9.17) is 28.3 Å². The molecule has 0 radical (unpaired) electrons. The number of nitrogens with one attached hydrogen (secondary N) is 1. The van der Waals surface area contributed by atoms with Gasteiger partial charge in [-0.25, -0.2) is 0 Å². The molecule has 1 unspecified atom stereocenters. The van der Waals surface area contributed by atoms with Crippen molar-refractivity contribution < 1.29 is 9.90 Å². The number of rotatable bonds is 4. The van der Waals surface area contributed by atoms with E-state index in [0.717, 1.165) is 0 Å². The van der Waals surface area contributed by atoms with Crippen LogP contribution in [0.4, 0.5) is 0 Å². The van der Waals surface area contributed by atoms with Crippen LogP contribution in [0.3, 0.4) is 0 Å². The third kappa shape index (κ3) is 4.60. The Labute approximate surface area is 122 Å². The van der Waals surface area contributed by atoms with Crippen molar-refractivity contribution in [3.8, 4) is 0 Å². The molecule has 1 amide bonds. The topological polar surface area (TPSA) is 75.1 Å². The molecule has 7 heteroatoms. The smallest absolute Gasteiger partial charge is 0.254 e. The van der Waals surface area contributed by atoms with E-state index in [2.05, 4.69) is 15.5 Å². The predicted molar refractivity (Wildman–Crippen MR) is 74.5 cm³/mol. The molecule has 5 nitrogen and oxygen atoms in total. The third-order valence-corrected chi connectivity index (χ3v) is 3.20. The van der Waals surface area contributed by atoms with Crippen molar-refractivity contribution in [2.24, 2.45) is 5.41 Å². The fourth-order valence-corrected chi connectivity index (χ4v) is 1.92. The molecular formula is C12H17Cl2N3O2. The number of nitrogens with zero attached hydrogens (tertiary/aromatic N) is 2. The van der Waals surface area contributed by atoms with Crippen LogP contribution in [0, 0.1) is 5.41 Å². The third-order valence-electron chi connectivity index (χ3n) is 2.73. The second-order valence-corrected chi connectivity index (χ2v) is 6.02. The van der Waals surface area contributed by atoms with Gasteiger partial charge in [-0.2, -0.15) is 0 Å². The highest BCUT2D eigenvalue weighted by atomic mass is 35.5. The van der Waals surface area contributed by atoms with Crippen LogP contribution in [0.1, 0.15) is 37.6 Å². The molecule has 0 saturated carbocycles. The summed E-state index contributed by atoms with van der Waals surface area (Å²) in [4.78, 5) is 12.1. The summed E-state index contributed by atoms with van der Waals surface area (Å²) in [5.41, 5.74) is -0.0105. The SMILES string of the molecule is CC(C)(C)C(CCO)NC(=O)c1cc(Cl)nnc1Cl. The zero-order valence-corrected chi connectivity index (χ0v) is 12.6. The molecule has 106 valence electrons. The molecule has 0 fully saturated rings. The lowest BCUT2D eigenvalue weighted by molar-refractivity contribution is 0.0885. The van der Waals surface area contributed by atoms with Crippen LogP contribution in [0.2, 0.25) is 10.3 Å². The van der Waals surface area contributed by atoms with Gasteiger partial charge in [0.2, 0.25) is 0 Å². The molecule has 1 atom stereocenters. The quantitative estimate of drug-likeness (QED) is 0.895. The minimum absolute atomic E-state index is 0.00134. The van der Waals surface area contributed by atoms with Crippen LogP contribution >= 0.6 is 23.2 Å². The average molecular weight is 306 g/mol. The van der Waals surface area contributed by atoms with E-state index < -0.39 is 0 Å². The zero-order chi connectivity index (χ0) is 14.6. The van der Waals surface area contributed by atoms with Gasteiger partial charge in [0.1, 0.15) is 0 Å². The van der Waals surface area contributed by atoms with Crippen LogP contribution in [0.25, 0.3) is 0 Å². The largest absolute Gasteiger partial charge is 0.396 e. The number of hydrogen-bond donors (Lipinski definition) is 2. The lowest BCUT2D eigenvalue weighted by Crippen LogP contribution is -2.44.